The average molecular weight is 437 g/mol. The van der Waals surface area contributed by atoms with E-state index in [1.165, 1.54) is 29.2 Å². The summed E-state index contributed by atoms with van der Waals surface area (Å²) in [4.78, 5) is 16.5. The van der Waals surface area contributed by atoms with Gasteiger partial charge in [-0.1, -0.05) is 48.0 Å². The second-order valence-electron chi connectivity index (χ2n) is 6.73. The van der Waals surface area contributed by atoms with Crippen molar-refractivity contribution in [2.75, 3.05) is 5.32 Å². The molecule has 0 spiro atoms. The third-order valence-corrected chi connectivity index (χ3v) is 4.87. The summed E-state index contributed by atoms with van der Waals surface area (Å²) in [5, 5.41) is 7.25. The number of pyridine rings is 1. The maximum atomic E-state index is 14.4. The van der Waals surface area contributed by atoms with Crippen LogP contribution in [0.5, 0.6) is 11.5 Å². The van der Waals surface area contributed by atoms with Gasteiger partial charge in [0, 0.05) is 12.7 Å². The molecule has 0 aliphatic carbocycles. The van der Waals surface area contributed by atoms with Crippen LogP contribution >= 0.6 is 11.6 Å². The number of benzene rings is 2. The smallest absolute Gasteiger partial charge is 0.287 e. The van der Waals surface area contributed by atoms with Crippen LogP contribution < -0.4 is 15.6 Å². The molecule has 0 radical (unpaired) electrons. The highest BCUT2D eigenvalue weighted by atomic mass is 35.5. The van der Waals surface area contributed by atoms with Crippen LogP contribution in [-0.2, 0) is 13.1 Å². The molecule has 4 rings (SSSR count). The molecule has 4 aromatic rings. The highest BCUT2D eigenvalue weighted by Crippen LogP contribution is 2.25. The number of aromatic nitrogens is 3. The van der Waals surface area contributed by atoms with Crippen LogP contribution in [-0.4, -0.2) is 14.8 Å². The number of halogens is 2. The molecule has 0 atom stereocenters. The second-order valence-corrected chi connectivity index (χ2v) is 7.11. The molecule has 156 valence electrons. The molecule has 0 aliphatic rings. The Kier molecular flexibility index (Phi) is 6.24. The molecule has 1 N–H and O–H groups in total. The Bertz CT molecular complexity index is 1230. The summed E-state index contributed by atoms with van der Waals surface area (Å²) in [7, 11) is 0. The van der Waals surface area contributed by atoms with E-state index in [0.29, 0.717) is 23.5 Å². The Balaban J connectivity index is 1.43. The quantitative estimate of drug-likeness (QED) is 0.447. The predicted molar refractivity (Wildman–Crippen MR) is 117 cm³/mol. The Morgan fingerprint density at radius 3 is 2.61 bits per heavy atom. The molecular weight excluding hydrogens is 419 g/mol. The molecule has 2 aromatic heterocycles. The summed E-state index contributed by atoms with van der Waals surface area (Å²) in [6, 6.07) is 17.5. The van der Waals surface area contributed by atoms with Gasteiger partial charge in [0.05, 0.1) is 24.6 Å². The van der Waals surface area contributed by atoms with E-state index in [1.54, 1.807) is 24.4 Å². The minimum Gasteiger partial charge on any atom is -0.453 e. The van der Waals surface area contributed by atoms with E-state index in [4.69, 9.17) is 16.3 Å². The van der Waals surface area contributed by atoms with E-state index in [9.17, 15) is 9.18 Å². The number of nitrogens with zero attached hydrogens (tertiary/aromatic N) is 3. The zero-order chi connectivity index (χ0) is 21.6. The van der Waals surface area contributed by atoms with Crippen LogP contribution in [0, 0.1) is 5.82 Å². The predicted octanol–water partition coefficient (Wildman–Crippen LogP) is 4.88. The van der Waals surface area contributed by atoms with Crippen LogP contribution in [0.15, 0.2) is 84.0 Å². The maximum absolute atomic E-state index is 14.4. The van der Waals surface area contributed by atoms with Gasteiger partial charge in [-0.05, 0) is 35.4 Å². The number of nitrogens with one attached hydrogen (secondary N) is 1. The van der Waals surface area contributed by atoms with E-state index in [0.717, 1.165) is 5.56 Å². The first-order chi connectivity index (χ1) is 15.1. The van der Waals surface area contributed by atoms with Crippen molar-refractivity contribution >= 4 is 17.3 Å². The van der Waals surface area contributed by atoms with Crippen molar-refractivity contribution in [3.05, 3.63) is 112 Å². The molecule has 0 fully saturated rings. The Labute approximate surface area is 182 Å². The average Bonchev–Trinajstić information content (AvgIpc) is 2.79. The minimum absolute atomic E-state index is 0.0305. The first-order valence-corrected chi connectivity index (χ1v) is 9.87. The molecule has 8 heteroatoms. The lowest BCUT2D eigenvalue weighted by atomic mass is 10.2. The molecule has 0 saturated heterocycles. The summed E-state index contributed by atoms with van der Waals surface area (Å²) in [5.41, 5.74) is 1.58. The van der Waals surface area contributed by atoms with Crippen LogP contribution in [0.1, 0.15) is 11.1 Å². The van der Waals surface area contributed by atoms with Gasteiger partial charge in [0.2, 0.25) is 0 Å². The first kappa shape index (κ1) is 20.6. The number of hydrogen-bond donors (Lipinski definition) is 1. The molecule has 2 heterocycles. The van der Waals surface area contributed by atoms with Gasteiger partial charge >= 0.3 is 0 Å². The van der Waals surface area contributed by atoms with Crippen LogP contribution in [0.25, 0.3) is 0 Å². The summed E-state index contributed by atoms with van der Waals surface area (Å²) in [5.74, 6) is 0.0341. The maximum Gasteiger partial charge on any atom is 0.287 e. The minimum atomic E-state index is -0.509. The van der Waals surface area contributed by atoms with Crippen LogP contribution in [0.2, 0.25) is 5.02 Å². The topological polar surface area (TPSA) is 69.0 Å². The number of hydrogen-bond acceptors (Lipinski definition) is 5. The van der Waals surface area contributed by atoms with Crippen molar-refractivity contribution in [2.45, 2.75) is 13.1 Å². The molecule has 2 aromatic carbocycles. The third kappa shape index (κ3) is 5.07. The van der Waals surface area contributed by atoms with Crippen molar-refractivity contribution in [1.82, 2.24) is 14.8 Å². The molecule has 31 heavy (non-hydrogen) atoms. The summed E-state index contributed by atoms with van der Waals surface area (Å²) < 4.78 is 21.2. The number of ether oxygens (including phenoxy) is 1. The zero-order valence-electron chi connectivity index (χ0n) is 16.3. The van der Waals surface area contributed by atoms with Gasteiger partial charge in [-0.2, -0.15) is 5.10 Å². The molecule has 0 aliphatic heterocycles. The Hall–Kier alpha value is -3.71. The number of anilines is 1. The van der Waals surface area contributed by atoms with E-state index in [2.05, 4.69) is 15.4 Å². The Morgan fingerprint density at radius 2 is 1.87 bits per heavy atom. The van der Waals surface area contributed by atoms with Gasteiger partial charge in [0.15, 0.2) is 11.6 Å². The van der Waals surface area contributed by atoms with E-state index in [-0.39, 0.29) is 17.3 Å². The monoisotopic (exact) mass is 436 g/mol. The first-order valence-electron chi connectivity index (χ1n) is 9.50. The molecule has 6 nitrogen and oxygen atoms in total. The van der Waals surface area contributed by atoms with Crippen LogP contribution in [0.3, 0.4) is 0 Å². The summed E-state index contributed by atoms with van der Waals surface area (Å²) in [6.45, 7) is 0.580. The van der Waals surface area contributed by atoms with Crippen LogP contribution in [0.4, 0.5) is 10.1 Å². The second kappa shape index (κ2) is 9.40. The highest BCUT2D eigenvalue weighted by Gasteiger charge is 2.11. The van der Waals surface area contributed by atoms with Crippen molar-refractivity contribution in [3.8, 4) is 11.5 Å². The lowest BCUT2D eigenvalue weighted by molar-refractivity contribution is 0.440. The molecule has 0 unspecified atom stereocenters. The largest absolute Gasteiger partial charge is 0.453 e. The lowest BCUT2D eigenvalue weighted by Gasteiger charge is -2.12. The van der Waals surface area contributed by atoms with Crippen molar-refractivity contribution in [2.24, 2.45) is 0 Å². The summed E-state index contributed by atoms with van der Waals surface area (Å²) >= 11 is 6.24. The van der Waals surface area contributed by atoms with Gasteiger partial charge in [0.1, 0.15) is 10.8 Å². The standard InChI is InChI=1S/C23H18ClFN4O2/c24-22-20(14-28-29(23(22)30)15-16-5-2-1-3-6-16)27-12-17-8-9-21(19(25)11-17)31-18-7-4-10-26-13-18/h1-11,13-14,27H,12,15H2. The van der Waals surface area contributed by atoms with Crippen molar-refractivity contribution in [1.29, 1.82) is 0 Å². The Morgan fingerprint density at radius 1 is 1.03 bits per heavy atom. The highest BCUT2D eigenvalue weighted by molar-refractivity contribution is 6.32. The SMILES string of the molecule is O=c1c(Cl)c(NCc2ccc(Oc3cccnc3)c(F)c2)cnn1Cc1ccccc1. The fraction of sp³-hybridized carbons (Fsp3) is 0.0870. The van der Waals surface area contributed by atoms with Crippen molar-refractivity contribution in [3.63, 3.8) is 0 Å². The van der Waals surface area contributed by atoms with E-state index < -0.39 is 11.4 Å². The molecule has 0 amide bonds. The van der Waals surface area contributed by atoms with Gasteiger partial charge in [-0.25, -0.2) is 9.07 Å². The molecule has 0 bridgehead atoms. The van der Waals surface area contributed by atoms with E-state index in [1.807, 2.05) is 30.3 Å². The fourth-order valence-corrected chi connectivity index (χ4v) is 3.14. The third-order valence-electron chi connectivity index (χ3n) is 4.50. The van der Waals surface area contributed by atoms with Crippen molar-refractivity contribution < 1.29 is 9.13 Å². The molecule has 0 saturated carbocycles. The fourth-order valence-electron chi connectivity index (χ4n) is 2.93. The molecular formula is C23H18ClFN4O2. The van der Waals surface area contributed by atoms with Gasteiger partial charge in [-0.15, -0.1) is 0 Å². The normalized spacial score (nSPS) is 10.6. The number of rotatable bonds is 7. The zero-order valence-corrected chi connectivity index (χ0v) is 17.1. The van der Waals surface area contributed by atoms with Gasteiger partial charge in [0.25, 0.3) is 5.56 Å². The summed E-state index contributed by atoms with van der Waals surface area (Å²) in [6.07, 6.45) is 4.60. The van der Waals surface area contributed by atoms with Gasteiger partial charge in [-0.3, -0.25) is 9.78 Å². The lowest BCUT2D eigenvalue weighted by Crippen LogP contribution is -2.24. The van der Waals surface area contributed by atoms with Gasteiger partial charge < -0.3 is 10.1 Å². The van der Waals surface area contributed by atoms with E-state index >= 15 is 0 Å².